The summed E-state index contributed by atoms with van der Waals surface area (Å²) in [6, 6.07) is 8.20. The highest BCUT2D eigenvalue weighted by Gasteiger charge is 2.11. The van der Waals surface area contributed by atoms with Crippen LogP contribution in [0, 0.1) is 0 Å². The van der Waals surface area contributed by atoms with Crippen molar-refractivity contribution in [3.8, 4) is 0 Å². The fraction of sp³-hybridized carbons (Fsp3) is 0.250. The summed E-state index contributed by atoms with van der Waals surface area (Å²) in [6.07, 6.45) is 0. The molecule has 1 radical (unpaired) electrons. The van der Waals surface area contributed by atoms with E-state index in [2.05, 4.69) is 4.72 Å². The molecule has 0 heterocycles. The third-order valence-corrected chi connectivity index (χ3v) is 2.81. The summed E-state index contributed by atoms with van der Waals surface area (Å²) in [7, 11) is -3.39. The van der Waals surface area contributed by atoms with E-state index < -0.39 is 10.0 Å². The maximum atomic E-state index is 11.3. The van der Waals surface area contributed by atoms with Crippen molar-refractivity contribution in [2.45, 2.75) is 11.8 Å². The average molecular weight is 184 g/mol. The van der Waals surface area contributed by atoms with E-state index in [0.29, 0.717) is 0 Å². The van der Waals surface area contributed by atoms with Crippen LogP contribution in [-0.4, -0.2) is 15.0 Å². The molecule has 0 aliphatic rings. The highest BCUT2D eigenvalue weighted by molar-refractivity contribution is 7.89. The second-order valence-electron chi connectivity index (χ2n) is 2.23. The Morgan fingerprint density at radius 3 is 2.33 bits per heavy atom. The summed E-state index contributed by atoms with van der Waals surface area (Å²) in [5, 5.41) is 0. The number of nitrogens with zero attached hydrogens (tertiary/aromatic N) is 1. The fourth-order valence-electron chi connectivity index (χ4n) is 0.837. The Bertz CT molecular complexity index is 331. The first-order chi connectivity index (χ1) is 5.67. The summed E-state index contributed by atoms with van der Waals surface area (Å²) in [4.78, 5) is 0.256. The van der Waals surface area contributed by atoms with Gasteiger partial charge in [-0.1, -0.05) is 18.2 Å². The van der Waals surface area contributed by atoms with Gasteiger partial charge in [0.15, 0.2) is 0 Å². The van der Waals surface area contributed by atoms with E-state index in [0.717, 1.165) is 0 Å². The topological polar surface area (TPSA) is 48.2 Å². The SMILES string of the molecule is CC[N]S(=O)(=O)c1ccccc1. The minimum absolute atomic E-state index is 0.256. The Balaban J connectivity index is 2.99. The molecule has 4 heteroatoms. The molecule has 0 amide bonds. The van der Waals surface area contributed by atoms with Crippen LogP contribution >= 0.6 is 0 Å². The van der Waals surface area contributed by atoms with Crippen molar-refractivity contribution < 1.29 is 8.42 Å². The van der Waals surface area contributed by atoms with Crippen LogP contribution in [0.4, 0.5) is 0 Å². The highest BCUT2D eigenvalue weighted by atomic mass is 32.2. The molecule has 1 rings (SSSR count). The van der Waals surface area contributed by atoms with Crippen LogP contribution in [0.25, 0.3) is 0 Å². The Kier molecular flexibility index (Phi) is 2.83. The molecule has 0 N–H and O–H groups in total. The van der Waals surface area contributed by atoms with E-state index in [1.807, 2.05) is 0 Å². The summed E-state index contributed by atoms with van der Waals surface area (Å²) in [6.45, 7) is 1.98. The van der Waals surface area contributed by atoms with Crippen molar-refractivity contribution in [3.05, 3.63) is 30.3 Å². The van der Waals surface area contributed by atoms with Gasteiger partial charge in [0.2, 0.25) is 0 Å². The van der Waals surface area contributed by atoms with Gasteiger partial charge in [0, 0.05) is 6.54 Å². The van der Waals surface area contributed by atoms with Crippen molar-refractivity contribution in [1.29, 1.82) is 0 Å². The quantitative estimate of drug-likeness (QED) is 0.703. The Morgan fingerprint density at radius 2 is 1.83 bits per heavy atom. The normalized spacial score (nSPS) is 11.4. The van der Waals surface area contributed by atoms with Crippen LogP contribution in [0.3, 0.4) is 0 Å². The van der Waals surface area contributed by atoms with Crippen LogP contribution in [0.1, 0.15) is 6.92 Å². The van der Waals surface area contributed by atoms with Gasteiger partial charge in [0.05, 0.1) is 4.90 Å². The second-order valence-corrected chi connectivity index (χ2v) is 3.91. The lowest BCUT2D eigenvalue weighted by Gasteiger charge is -2.00. The van der Waals surface area contributed by atoms with Crippen LogP contribution in [0.15, 0.2) is 35.2 Å². The monoisotopic (exact) mass is 184 g/mol. The van der Waals surface area contributed by atoms with Crippen molar-refractivity contribution in [3.63, 3.8) is 0 Å². The molecule has 0 aliphatic carbocycles. The minimum atomic E-state index is -3.39. The first kappa shape index (κ1) is 9.22. The lowest BCUT2D eigenvalue weighted by molar-refractivity contribution is 0.582. The van der Waals surface area contributed by atoms with Gasteiger partial charge in [-0.05, 0) is 19.1 Å². The molecular weight excluding hydrogens is 174 g/mol. The minimum Gasteiger partial charge on any atom is -0.206 e. The molecule has 0 aromatic heterocycles. The van der Waals surface area contributed by atoms with Gasteiger partial charge in [0.25, 0.3) is 10.0 Å². The van der Waals surface area contributed by atoms with Gasteiger partial charge in [0.1, 0.15) is 0 Å². The van der Waals surface area contributed by atoms with Gasteiger partial charge < -0.3 is 0 Å². The first-order valence-corrected chi connectivity index (χ1v) is 5.09. The Morgan fingerprint density at radius 1 is 1.25 bits per heavy atom. The molecule has 0 aliphatic heterocycles. The van der Waals surface area contributed by atoms with Gasteiger partial charge in [-0.15, -0.1) is 4.72 Å². The maximum Gasteiger partial charge on any atom is 0.256 e. The zero-order chi connectivity index (χ0) is 9.03. The summed E-state index contributed by atoms with van der Waals surface area (Å²) in [5.41, 5.74) is 0. The molecular formula is C8H10NO2S. The summed E-state index contributed by atoms with van der Waals surface area (Å²) < 4.78 is 26.0. The molecule has 0 unspecified atom stereocenters. The average Bonchev–Trinajstić information content (AvgIpc) is 2.06. The van der Waals surface area contributed by atoms with Crippen LogP contribution in [0.5, 0.6) is 0 Å². The predicted octanol–water partition coefficient (Wildman–Crippen LogP) is 1.000. The van der Waals surface area contributed by atoms with Crippen molar-refractivity contribution in [1.82, 2.24) is 4.72 Å². The standard InChI is InChI=1S/C8H10NO2S/c1-2-9-12(10,11)8-6-4-3-5-7-8/h3-7H,2H2,1H3. The third-order valence-electron chi connectivity index (χ3n) is 1.34. The third kappa shape index (κ3) is 2.06. The van der Waals surface area contributed by atoms with Crippen molar-refractivity contribution in [2.24, 2.45) is 0 Å². The predicted molar refractivity (Wildman–Crippen MR) is 46.3 cm³/mol. The second kappa shape index (κ2) is 3.69. The van der Waals surface area contributed by atoms with Crippen LogP contribution in [-0.2, 0) is 10.0 Å². The smallest absolute Gasteiger partial charge is 0.206 e. The van der Waals surface area contributed by atoms with Crippen LogP contribution < -0.4 is 4.72 Å². The van der Waals surface area contributed by atoms with Crippen molar-refractivity contribution in [2.75, 3.05) is 6.54 Å². The number of rotatable bonds is 3. The number of hydrogen-bond donors (Lipinski definition) is 0. The van der Waals surface area contributed by atoms with Gasteiger partial charge in [-0.2, -0.15) is 0 Å². The molecule has 65 valence electrons. The Hall–Kier alpha value is -0.870. The molecule has 1 aromatic rings. The van der Waals surface area contributed by atoms with E-state index in [-0.39, 0.29) is 11.4 Å². The first-order valence-electron chi connectivity index (χ1n) is 3.65. The van der Waals surface area contributed by atoms with Crippen molar-refractivity contribution >= 4 is 10.0 Å². The largest absolute Gasteiger partial charge is 0.256 e. The summed E-state index contributed by atoms with van der Waals surface area (Å²) >= 11 is 0. The zero-order valence-electron chi connectivity index (χ0n) is 6.77. The molecule has 1 aromatic carbocycles. The van der Waals surface area contributed by atoms with E-state index in [1.54, 1.807) is 25.1 Å². The molecule has 3 nitrogen and oxygen atoms in total. The molecule has 0 spiro atoms. The zero-order valence-corrected chi connectivity index (χ0v) is 7.58. The van der Waals surface area contributed by atoms with Gasteiger partial charge in [-0.3, -0.25) is 0 Å². The Labute approximate surface area is 72.5 Å². The fourth-order valence-corrected chi connectivity index (χ4v) is 1.83. The summed E-state index contributed by atoms with van der Waals surface area (Å²) in [5.74, 6) is 0. The molecule has 0 saturated heterocycles. The lowest BCUT2D eigenvalue weighted by atomic mass is 10.4. The van der Waals surface area contributed by atoms with Gasteiger partial charge in [-0.25, -0.2) is 8.42 Å². The van der Waals surface area contributed by atoms with E-state index in [4.69, 9.17) is 0 Å². The maximum absolute atomic E-state index is 11.3. The molecule has 12 heavy (non-hydrogen) atoms. The molecule has 0 fully saturated rings. The highest BCUT2D eigenvalue weighted by Crippen LogP contribution is 2.07. The molecule has 0 saturated carbocycles. The molecule has 0 bridgehead atoms. The number of hydrogen-bond acceptors (Lipinski definition) is 2. The van der Waals surface area contributed by atoms with E-state index in [1.165, 1.54) is 12.1 Å². The molecule has 0 atom stereocenters. The van der Waals surface area contributed by atoms with E-state index >= 15 is 0 Å². The number of sulfonamides is 1. The number of benzene rings is 1. The van der Waals surface area contributed by atoms with Gasteiger partial charge >= 0.3 is 0 Å². The van der Waals surface area contributed by atoms with E-state index in [9.17, 15) is 8.42 Å². The van der Waals surface area contributed by atoms with Crippen LogP contribution in [0.2, 0.25) is 0 Å². The lowest BCUT2D eigenvalue weighted by Crippen LogP contribution is -2.15.